The number of aliphatic hydroxyl groups is 1. The third-order valence-corrected chi connectivity index (χ3v) is 12.7. The number of aliphatic hydroxyl groups excluding tert-OH is 1. The van der Waals surface area contributed by atoms with E-state index in [9.17, 15) is 28.9 Å². The molecule has 2 aliphatic rings. The first-order chi connectivity index (χ1) is 28.6. The molecule has 2 aliphatic heterocycles. The van der Waals surface area contributed by atoms with Crippen molar-refractivity contribution in [2.75, 3.05) is 13.2 Å². The van der Waals surface area contributed by atoms with Crippen molar-refractivity contribution in [1.29, 1.82) is 0 Å². The summed E-state index contributed by atoms with van der Waals surface area (Å²) in [6, 6.07) is -0.907. The largest absolute Gasteiger partial charge is 0.472 e. The van der Waals surface area contributed by atoms with E-state index in [0.717, 1.165) is 64.2 Å². The minimum Gasteiger partial charge on any atom is -0.462 e. The van der Waals surface area contributed by atoms with Crippen LogP contribution in [0.2, 0.25) is 0 Å². The lowest BCUT2D eigenvalue weighted by molar-refractivity contribution is -0.199. The van der Waals surface area contributed by atoms with Crippen LogP contribution in [0.25, 0.3) is 0 Å². The van der Waals surface area contributed by atoms with Crippen molar-refractivity contribution in [3.8, 4) is 0 Å². The van der Waals surface area contributed by atoms with Gasteiger partial charge in [-0.15, -0.1) is 0 Å². The van der Waals surface area contributed by atoms with Gasteiger partial charge in [0.15, 0.2) is 6.10 Å². The number of carbonyl (C=O) groups is 3. The third-order valence-electron chi connectivity index (χ3n) is 11.7. The van der Waals surface area contributed by atoms with Crippen LogP contribution in [0.15, 0.2) is 0 Å². The Balaban J connectivity index is 1.96. The number of esters is 2. The van der Waals surface area contributed by atoms with Gasteiger partial charge in [0.25, 0.3) is 0 Å². The molecule has 0 aromatic heterocycles. The number of rotatable bonds is 37. The fourth-order valence-corrected chi connectivity index (χ4v) is 9.08. The minimum absolute atomic E-state index is 0.0583. The molecule has 0 radical (unpaired) electrons. The summed E-state index contributed by atoms with van der Waals surface area (Å²) in [5.74, 6) is -1.44. The predicted octanol–water partition coefficient (Wildman–Crippen LogP) is 11.1. The first-order valence-electron chi connectivity index (χ1n) is 24.2. The van der Waals surface area contributed by atoms with Crippen LogP contribution in [-0.2, 0) is 42.2 Å². The molecule has 2 fully saturated rings. The number of carbonyl (C=O) groups excluding carboxylic acids is 3. The highest BCUT2D eigenvalue weighted by atomic mass is 31.2. The third kappa shape index (κ3) is 26.5. The Kier molecular flexibility index (Phi) is 30.9. The second-order valence-electron chi connectivity index (χ2n) is 17.3. The molecular weight excluding hydrogens is 773 g/mol. The Morgan fingerprint density at radius 2 is 1.12 bits per heavy atom. The van der Waals surface area contributed by atoms with Crippen molar-refractivity contribution < 1.29 is 52.2 Å². The molecule has 2 heterocycles. The molecule has 2 saturated heterocycles. The highest BCUT2D eigenvalue weighted by molar-refractivity contribution is 7.47. The molecule has 0 spiro atoms. The van der Waals surface area contributed by atoms with E-state index in [-0.39, 0.29) is 32.0 Å². The van der Waals surface area contributed by atoms with E-state index in [4.69, 9.17) is 23.3 Å². The highest BCUT2D eigenvalue weighted by Crippen LogP contribution is 2.50. The SMILES string of the molecule is CCCCCCCCCCCC(=O)O[C@H](CCCCCCCCCCC)CC(=O)O[C@H]1[C@@H]2OP(=O)(O)OC[C@H]2OC[C@@H]1NC(=O)C[C@@H](O)CCCCCCCCCCC. The van der Waals surface area contributed by atoms with Crippen molar-refractivity contribution in [2.24, 2.45) is 0 Å². The number of unbranched alkanes of at least 4 members (excludes halogenated alkanes) is 24. The Morgan fingerprint density at radius 1 is 0.644 bits per heavy atom. The second-order valence-corrected chi connectivity index (χ2v) is 18.7. The van der Waals surface area contributed by atoms with Crippen molar-refractivity contribution in [3.05, 3.63) is 0 Å². The Hall–Kier alpha value is -1.56. The second kappa shape index (κ2) is 34.0. The molecule has 0 aromatic carbocycles. The van der Waals surface area contributed by atoms with Gasteiger partial charge in [-0.25, -0.2) is 4.57 Å². The summed E-state index contributed by atoms with van der Waals surface area (Å²) in [7, 11) is -4.47. The maximum Gasteiger partial charge on any atom is 0.472 e. The smallest absolute Gasteiger partial charge is 0.462 e. The minimum atomic E-state index is -4.47. The monoisotopic (exact) mass is 860 g/mol. The van der Waals surface area contributed by atoms with Crippen molar-refractivity contribution in [3.63, 3.8) is 0 Å². The fraction of sp³-hybridized carbons (Fsp3) is 0.935. The number of nitrogens with one attached hydrogen (secondary N) is 1. The van der Waals surface area contributed by atoms with Gasteiger partial charge >= 0.3 is 19.8 Å². The zero-order valence-corrected chi connectivity index (χ0v) is 38.4. The number of amides is 1. The number of fused-ring (bicyclic) bond motifs is 1. The molecule has 0 saturated carbocycles. The van der Waals surface area contributed by atoms with Crippen LogP contribution in [0.3, 0.4) is 0 Å². The number of phosphoric ester groups is 1. The van der Waals surface area contributed by atoms with Crippen LogP contribution in [0.1, 0.15) is 226 Å². The van der Waals surface area contributed by atoms with E-state index in [1.54, 1.807) is 0 Å². The van der Waals surface area contributed by atoms with E-state index < -0.39 is 56.3 Å². The molecule has 2 rings (SSSR count). The fourth-order valence-electron chi connectivity index (χ4n) is 8.12. The molecule has 7 atom stereocenters. The molecular formula is C46H86NO11P. The highest BCUT2D eigenvalue weighted by Gasteiger charge is 2.51. The van der Waals surface area contributed by atoms with Gasteiger partial charge < -0.3 is 29.5 Å². The van der Waals surface area contributed by atoms with Crippen molar-refractivity contribution in [1.82, 2.24) is 5.32 Å². The van der Waals surface area contributed by atoms with Crippen LogP contribution < -0.4 is 5.32 Å². The van der Waals surface area contributed by atoms with E-state index in [1.165, 1.54) is 109 Å². The molecule has 12 nitrogen and oxygen atoms in total. The quantitative estimate of drug-likeness (QED) is 0.0309. The standard InChI is InChI=1S/C46H86NO11P/c1-4-7-10-13-16-19-22-25-28-31-38(48)34-42(49)47-40-36-54-41-37-55-59(52,53)58-46(41)45(40)57-44(51)35-39(32-29-26-23-20-17-14-11-8-5-2)56-43(50)33-30-27-24-21-18-15-12-9-6-3/h38-41,45-46,48H,4-37H2,1-3H3,(H,47,49)(H,52,53)/t38-,39+,40-,41+,45+,46+/m0/s1. The molecule has 1 unspecified atom stereocenters. The number of phosphoric acid groups is 1. The zero-order valence-electron chi connectivity index (χ0n) is 37.5. The Labute approximate surface area is 358 Å². The molecule has 3 N–H and O–H groups in total. The lowest BCUT2D eigenvalue weighted by Gasteiger charge is -2.44. The number of hydrogen-bond donors (Lipinski definition) is 3. The van der Waals surface area contributed by atoms with E-state index in [1.807, 2.05) is 0 Å². The van der Waals surface area contributed by atoms with Gasteiger partial charge in [-0.2, -0.15) is 0 Å². The average Bonchev–Trinajstić information content (AvgIpc) is 3.19. The summed E-state index contributed by atoms with van der Waals surface area (Å²) in [4.78, 5) is 50.0. The van der Waals surface area contributed by atoms with Crippen LogP contribution >= 0.6 is 7.82 Å². The molecule has 1 amide bonds. The van der Waals surface area contributed by atoms with E-state index in [0.29, 0.717) is 19.3 Å². The van der Waals surface area contributed by atoms with Gasteiger partial charge in [0.1, 0.15) is 18.3 Å². The van der Waals surface area contributed by atoms with E-state index in [2.05, 4.69) is 26.1 Å². The maximum absolute atomic E-state index is 13.7. The predicted molar refractivity (Wildman–Crippen MR) is 233 cm³/mol. The van der Waals surface area contributed by atoms with Crippen LogP contribution in [-0.4, -0.2) is 77.6 Å². The summed E-state index contributed by atoms with van der Waals surface area (Å²) in [6.07, 6.45) is 27.2. The van der Waals surface area contributed by atoms with Gasteiger partial charge in [0.05, 0.1) is 38.2 Å². The normalized spacial score (nSPS) is 22.7. The first kappa shape index (κ1) is 53.6. The molecule has 59 heavy (non-hydrogen) atoms. The average molecular weight is 860 g/mol. The van der Waals surface area contributed by atoms with Gasteiger partial charge in [0, 0.05) is 6.42 Å². The van der Waals surface area contributed by atoms with Gasteiger partial charge in [0.2, 0.25) is 5.91 Å². The topological polar surface area (TPSA) is 167 Å². The molecule has 0 aromatic rings. The lowest BCUT2D eigenvalue weighted by atomic mass is 9.97. The molecule has 13 heteroatoms. The summed E-state index contributed by atoms with van der Waals surface area (Å²) in [5.41, 5.74) is 0. The van der Waals surface area contributed by atoms with Crippen LogP contribution in [0, 0.1) is 0 Å². The van der Waals surface area contributed by atoms with Crippen LogP contribution in [0.5, 0.6) is 0 Å². The lowest BCUT2D eigenvalue weighted by Crippen LogP contribution is -2.63. The Morgan fingerprint density at radius 3 is 1.64 bits per heavy atom. The van der Waals surface area contributed by atoms with Crippen LogP contribution in [0.4, 0.5) is 0 Å². The summed E-state index contributed by atoms with van der Waals surface area (Å²) in [5, 5.41) is 13.5. The number of hydrogen-bond acceptors (Lipinski definition) is 10. The molecule has 0 bridgehead atoms. The van der Waals surface area contributed by atoms with Gasteiger partial charge in [-0.05, 0) is 25.7 Å². The maximum atomic E-state index is 13.7. The zero-order chi connectivity index (χ0) is 43.0. The van der Waals surface area contributed by atoms with Gasteiger partial charge in [-0.3, -0.25) is 23.4 Å². The summed E-state index contributed by atoms with van der Waals surface area (Å²) >= 11 is 0. The molecule has 0 aliphatic carbocycles. The number of ether oxygens (including phenoxy) is 3. The van der Waals surface area contributed by atoms with Crippen molar-refractivity contribution >= 4 is 25.7 Å². The van der Waals surface area contributed by atoms with E-state index >= 15 is 0 Å². The molecule has 346 valence electrons. The van der Waals surface area contributed by atoms with Gasteiger partial charge in [-0.1, -0.05) is 181 Å². The summed E-state index contributed by atoms with van der Waals surface area (Å²) < 4.78 is 40.6. The van der Waals surface area contributed by atoms with Crippen molar-refractivity contribution in [2.45, 2.75) is 263 Å². The Bertz CT molecular complexity index is 1140. The summed E-state index contributed by atoms with van der Waals surface area (Å²) in [6.45, 7) is 6.33. The first-order valence-corrected chi connectivity index (χ1v) is 25.7.